The van der Waals surface area contributed by atoms with E-state index in [0.29, 0.717) is 6.54 Å². The quantitative estimate of drug-likeness (QED) is 0.666. The van der Waals surface area contributed by atoms with Gasteiger partial charge in [-0.3, -0.25) is 15.1 Å². The zero-order valence-electron chi connectivity index (χ0n) is 11.1. The fourth-order valence-electron chi connectivity index (χ4n) is 1.78. The summed E-state index contributed by atoms with van der Waals surface area (Å²) >= 11 is 0. The lowest BCUT2D eigenvalue weighted by Crippen LogP contribution is -2.03. The molecule has 1 heterocycles. The molecule has 20 heavy (non-hydrogen) atoms. The lowest BCUT2D eigenvalue weighted by molar-refractivity contribution is -0.386. The summed E-state index contributed by atoms with van der Waals surface area (Å²) in [5.74, 6) is 0.209. The van der Waals surface area contributed by atoms with Gasteiger partial charge in [-0.15, -0.1) is 0 Å². The van der Waals surface area contributed by atoms with Crippen LogP contribution < -0.4 is 10.5 Å². The van der Waals surface area contributed by atoms with Crippen molar-refractivity contribution in [1.82, 2.24) is 4.98 Å². The molecule has 0 radical (unpaired) electrons. The first-order chi connectivity index (χ1) is 9.60. The summed E-state index contributed by atoms with van der Waals surface area (Å²) in [4.78, 5) is 14.8. The summed E-state index contributed by atoms with van der Waals surface area (Å²) in [5.41, 5.74) is 7.83. The molecule has 6 heteroatoms. The molecular weight excluding hydrogens is 258 g/mol. The average molecular weight is 273 g/mol. The number of nitrogens with two attached hydrogens (primary N) is 1. The largest absolute Gasteiger partial charge is 0.480 e. The van der Waals surface area contributed by atoms with Gasteiger partial charge in [0.15, 0.2) is 5.75 Å². The van der Waals surface area contributed by atoms with Crippen LogP contribution in [0.2, 0.25) is 0 Å². The molecule has 0 unspecified atom stereocenters. The number of nitro groups is 1. The highest BCUT2D eigenvalue weighted by Gasteiger charge is 2.15. The summed E-state index contributed by atoms with van der Waals surface area (Å²) < 4.78 is 5.52. The van der Waals surface area contributed by atoms with Crippen LogP contribution in [0.4, 0.5) is 5.69 Å². The number of hydrogen-bond acceptors (Lipinski definition) is 5. The van der Waals surface area contributed by atoms with Crippen molar-refractivity contribution in [3.8, 4) is 5.75 Å². The maximum atomic E-state index is 11.0. The Morgan fingerprint density at radius 1 is 1.35 bits per heavy atom. The van der Waals surface area contributed by atoms with Crippen LogP contribution in [-0.4, -0.2) is 9.91 Å². The van der Waals surface area contributed by atoms with E-state index in [-0.39, 0.29) is 18.0 Å². The molecule has 0 saturated heterocycles. The molecule has 6 nitrogen and oxygen atoms in total. The van der Waals surface area contributed by atoms with E-state index in [2.05, 4.69) is 4.98 Å². The smallest absolute Gasteiger partial charge is 0.310 e. The molecule has 0 amide bonds. The molecular formula is C14H15N3O3. The minimum atomic E-state index is -0.473. The van der Waals surface area contributed by atoms with Gasteiger partial charge in [0, 0.05) is 18.3 Å². The summed E-state index contributed by atoms with van der Waals surface area (Å²) in [6.07, 6.45) is 0. The number of hydrogen-bond donors (Lipinski definition) is 1. The summed E-state index contributed by atoms with van der Waals surface area (Å²) in [7, 11) is 0. The van der Waals surface area contributed by atoms with Crippen LogP contribution in [-0.2, 0) is 13.2 Å². The van der Waals surface area contributed by atoms with Gasteiger partial charge in [0.05, 0.1) is 10.6 Å². The first-order valence-corrected chi connectivity index (χ1v) is 6.13. The molecule has 2 N–H and O–H groups in total. The van der Waals surface area contributed by atoms with E-state index in [1.807, 2.05) is 25.1 Å². The number of rotatable bonds is 5. The van der Waals surface area contributed by atoms with Crippen molar-refractivity contribution in [3.05, 3.63) is 63.5 Å². The zero-order chi connectivity index (χ0) is 14.5. The van der Waals surface area contributed by atoms with E-state index in [1.165, 1.54) is 6.07 Å². The number of pyridine rings is 1. The first kappa shape index (κ1) is 14.0. The normalized spacial score (nSPS) is 10.3. The van der Waals surface area contributed by atoms with Gasteiger partial charge in [0.1, 0.15) is 6.61 Å². The third-order valence-corrected chi connectivity index (χ3v) is 2.78. The number of benzene rings is 1. The van der Waals surface area contributed by atoms with Crippen molar-refractivity contribution in [1.29, 1.82) is 0 Å². The lowest BCUT2D eigenvalue weighted by atomic mass is 10.2. The summed E-state index contributed by atoms with van der Waals surface area (Å²) in [6.45, 7) is 2.36. The molecule has 0 fully saturated rings. The second-order valence-corrected chi connectivity index (χ2v) is 4.32. The average Bonchev–Trinajstić information content (AvgIpc) is 2.44. The van der Waals surface area contributed by atoms with Crippen LogP contribution in [0.5, 0.6) is 5.75 Å². The van der Waals surface area contributed by atoms with Crippen molar-refractivity contribution in [3.63, 3.8) is 0 Å². The fourth-order valence-corrected chi connectivity index (χ4v) is 1.78. The van der Waals surface area contributed by atoms with E-state index in [9.17, 15) is 10.1 Å². The Kier molecular flexibility index (Phi) is 4.27. The van der Waals surface area contributed by atoms with Gasteiger partial charge >= 0.3 is 5.69 Å². The Bertz CT molecular complexity index is 629. The van der Waals surface area contributed by atoms with Gasteiger partial charge in [-0.05, 0) is 30.7 Å². The number of nitrogens with zero attached hydrogens (tertiary/aromatic N) is 2. The van der Waals surface area contributed by atoms with Crippen molar-refractivity contribution in [2.75, 3.05) is 0 Å². The van der Waals surface area contributed by atoms with Crippen molar-refractivity contribution >= 4 is 5.69 Å². The highest BCUT2D eigenvalue weighted by atomic mass is 16.6. The van der Waals surface area contributed by atoms with Crippen molar-refractivity contribution in [2.45, 2.75) is 20.1 Å². The number of aryl methyl sites for hydroxylation is 1. The van der Waals surface area contributed by atoms with Gasteiger partial charge in [0.25, 0.3) is 0 Å². The minimum Gasteiger partial charge on any atom is -0.480 e. The van der Waals surface area contributed by atoms with Crippen LogP contribution in [0.25, 0.3) is 0 Å². The van der Waals surface area contributed by atoms with E-state index in [0.717, 1.165) is 17.0 Å². The third-order valence-electron chi connectivity index (χ3n) is 2.78. The lowest BCUT2D eigenvalue weighted by Gasteiger charge is -2.08. The van der Waals surface area contributed by atoms with E-state index < -0.39 is 4.92 Å². The van der Waals surface area contributed by atoms with Crippen LogP contribution >= 0.6 is 0 Å². The van der Waals surface area contributed by atoms with Crippen molar-refractivity contribution in [2.24, 2.45) is 5.73 Å². The molecule has 0 aliphatic heterocycles. The van der Waals surface area contributed by atoms with E-state index in [4.69, 9.17) is 10.5 Å². The zero-order valence-corrected chi connectivity index (χ0v) is 11.1. The minimum absolute atomic E-state index is 0.0742. The Morgan fingerprint density at radius 2 is 2.15 bits per heavy atom. The standard InChI is InChI=1S/C14H15N3O3/c1-10-3-2-4-12(16-10)9-20-14-7-11(8-15)5-6-13(14)17(18)19/h2-7H,8-9,15H2,1H3. The molecule has 0 bridgehead atoms. The Labute approximate surface area is 116 Å². The summed E-state index contributed by atoms with van der Waals surface area (Å²) in [5, 5.41) is 11.0. The third kappa shape index (κ3) is 3.30. The highest BCUT2D eigenvalue weighted by molar-refractivity contribution is 5.48. The van der Waals surface area contributed by atoms with Crippen LogP contribution in [0, 0.1) is 17.0 Å². The van der Waals surface area contributed by atoms with Gasteiger partial charge in [0.2, 0.25) is 0 Å². The molecule has 1 aromatic carbocycles. The molecule has 0 aliphatic carbocycles. The maximum absolute atomic E-state index is 11.0. The van der Waals surface area contributed by atoms with E-state index in [1.54, 1.807) is 12.1 Å². The molecule has 0 aliphatic rings. The van der Waals surface area contributed by atoms with Crippen LogP contribution in [0.3, 0.4) is 0 Å². The van der Waals surface area contributed by atoms with Crippen LogP contribution in [0.1, 0.15) is 17.0 Å². The Morgan fingerprint density at radius 3 is 2.80 bits per heavy atom. The second-order valence-electron chi connectivity index (χ2n) is 4.32. The Hall–Kier alpha value is -2.47. The second kappa shape index (κ2) is 6.12. The molecule has 0 atom stereocenters. The topological polar surface area (TPSA) is 91.3 Å². The van der Waals surface area contributed by atoms with Crippen LogP contribution in [0.15, 0.2) is 36.4 Å². The van der Waals surface area contributed by atoms with Gasteiger partial charge in [-0.25, -0.2) is 0 Å². The molecule has 104 valence electrons. The number of aromatic nitrogens is 1. The first-order valence-electron chi connectivity index (χ1n) is 6.13. The molecule has 2 aromatic rings. The Balaban J connectivity index is 2.21. The molecule has 0 saturated carbocycles. The number of nitro benzene ring substituents is 1. The van der Waals surface area contributed by atoms with Gasteiger partial charge in [-0.1, -0.05) is 12.1 Å². The summed E-state index contributed by atoms with van der Waals surface area (Å²) in [6, 6.07) is 10.2. The highest BCUT2D eigenvalue weighted by Crippen LogP contribution is 2.28. The van der Waals surface area contributed by atoms with Gasteiger partial charge < -0.3 is 10.5 Å². The fraction of sp³-hybridized carbons (Fsp3) is 0.214. The number of ether oxygens (including phenoxy) is 1. The predicted molar refractivity (Wildman–Crippen MR) is 74.3 cm³/mol. The molecule has 2 rings (SSSR count). The monoisotopic (exact) mass is 273 g/mol. The van der Waals surface area contributed by atoms with E-state index >= 15 is 0 Å². The molecule has 0 spiro atoms. The van der Waals surface area contributed by atoms with Gasteiger partial charge in [-0.2, -0.15) is 0 Å². The van der Waals surface area contributed by atoms with Crippen molar-refractivity contribution < 1.29 is 9.66 Å². The molecule has 1 aromatic heterocycles. The maximum Gasteiger partial charge on any atom is 0.310 e. The predicted octanol–water partition coefficient (Wildman–Crippen LogP) is 2.34. The SMILES string of the molecule is Cc1cccc(COc2cc(CN)ccc2[N+](=O)[O-])n1.